The van der Waals surface area contributed by atoms with E-state index in [1.54, 1.807) is 0 Å². The van der Waals surface area contributed by atoms with Crippen LogP contribution in [0.1, 0.15) is 0 Å². The summed E-state index contributed by atoms with van der Waals surface area (Å²) in [6.07, 6.45) is 0. The highest BCUT2D eigenvalue weighted by Crippen LogP contribution is 1.98. The van der Waals surface area contributed by atoms with E-state index in [1.165, 1.54) is 6.66 Å². The quantitative estimate of drug-likeness (QED) is 0.268. The molecular weight excluding hydrogens is 87.0 g/mol. The van der Waals surface area contributed by atoms with Gasteiger partial charge in [0.05, 0.1) is 0 Å². The molecule has 0 aliphatic rings. The van der Waals surface area contributed by atoms with Crippen LogP contribution in [0.5, 0.6) is 0 Å². The summed E-state index contributed by atoms with van der Waals surface area (Å²) in [5.41, 5.74) is 0. The summed E-state index contributed by atoms with van der Waals surface area (Å²) < 4.78 is 9.72. The van der Waals surface area contributed by atoms with Crippen LogP contribution in [0.3, 0.4) is 0 Å². The van der Waals surface area contributed by atoms with Crippen LogP contribution in [0.25, 0.3) is 0 Å². The maximum absolute atomic E-state index is 9.72. The van der Waals surface area contributed by atoms with E-state index in [4.69, 9.17) is 0 Å². The van der Waals surface area contributed by atoms with Crippen LogP contribution in [-0.2, 0) is 4.57 Å². The molecular formula is CH6N2OP. The molecule has 5 heavy (non-hydrogen) atoms. The lowest BCUT2D eigenvalue weighted by atomic mass is 12.0. The molecule has 0 amide bonds. The van der Waals surface area contributed by atoms with Gasteiger partial charge in [0.15, 0.2) is 7.95 Å². The van der Waals surface area contributed by atoms with Crippen molar-refractivity contribution < 1.29 is 4.57 Å². The molecule has 4 heteroatoms. The zero-order valence-electron chi connectivity index (χ0n) is 2.93. The molecule has 0 aromatic heterocycles. The van der Waals surface area contributed by atoms with Gasteiger partial charge in [0, 0.05) is 6.66 Å². The third-order valence-electron chi connectivity index (χ3n) is 0.182. The molecule has 0 rings (SSSR count). The third kappa shape index (κ3) is 4.02. The van der Waals surface area contributed by atoms with E-state index in [0.717, 1.165) is 0 Å². The zero-order valence-corrected chi connectivity index (χ0v) is 3.83. The number of nitrogens with one attached hydrogen (secondary N) is 1. The molecule has 0 aliphatic heterocycles. The predicted molar refractivity (Wildman–Crippen MR) is 20.9 cm³/mol. The minimum absolute atomic E-state index is 1.32. The number of hydrogen-bond donors (Lipinski definition) is 2. The average molecular weight is 93.0 g/mol. The molecule has 0 saturated heterocycles. The Balaban J connectivity index is 2.85. The fourth-order valence-corrected chi connectivity index (χ4v) is 0. The molecule has 0 heterocycles. The van der Waals surface area contributed by atoms with Crippen molar-refractivity contribution in [3.8, 4) is 0 Å². The second-order valence-corrected chi connectivity index (χ2v) is 1.88. The van der Waals surface area contributed by atoms with E-state index in [2.05, 4.69) is 5.84 Å². The first kappa shape index (κ1) is 5.02. The molecule has 0 aliphatic carbocycles. The Labute approximate surface area is 31.4 Å². The van der Waals surface area contributed by atoms with Gasteiger partial charge in [-0.25, -0.2) is 0 Å². The molecule has 3 N–H and O–H groups in total. The lowest BCUT2D eigenvalue weighted by molar-refractivity contribution is 0.584. The highest BCUT2D eigenvalue weighted by atomic mass is 31.1. The van der Waals surface area contributed by atoms with Crippen LogP contribution in [0, 0.1) is 0 Å². The first-order chi connectivity index (χ1) is 2.27. The number of nitrogens with two attached hydrogens (primary N) is 1. The summed E-state index contributed by atoms with van der Waals surface area (Å²) in [7, 11) is -1.32. The van der Waals surface area contributed by atoms with Crippen molar-refractivity contribution in [2.24, 2.45) is 5.84 Å². The number of hydrazine groups is 1. The van der Waals surface area contributed by atoms with Crippen LogP contribution >= 0.6 is 7.95 Å². The fraction of sp³-hybridized carbons (Fsp3) is 1.00. The maximum Gasteiger partial charge on any atom is 0.156 e. The molecule has 1 atom stereocenters. The normalized spacial score (nSPS) is 11.2. The van der Waals surface area contributed by atoms with Crippen molar-refractivity contribution >= 4 is 7.95 Å². The fourth-order valence-electron chi connectivity index (χ4n) is 0. The molecule has 3 nitrogen and oxygen atoms in total. The van der Waals surface area contributed by atoms with Crippen LogP contribution in [0.15, 0.2) is 0 Å². The van der Waals surface area contributed by atoms with Gasteiger partial charge in [-0.1, -0.05) is 0 Å². The second-order valence-electron chi connectivity index (χ2n) is 0.627. The molecule has 31 valence electrons. The molecule has 1 unspecified atom stereocenters. The predicted octanol–water partition coefficient (Wildman–Crippen LogP) is -0.178. The Morgan fingerprint density at radius 1 is 2.00 bits per heavy atom. The number of rotatable bonds is 1. The Bertz CT molecular complexity index is 44.9. The van der Waals surface area contributed by atoms with Crippen molar-refractivity contribution in [1.29, 1.82) is 0 Å². The highest BCUT2D eigenvalue weighted by molar-refractivity contribution is 7.41. The van der Waals surface area contributed by atoms with Crippen molar-refractivity contribution in [2.75, 3.05) is 6.66 Å². The van der Waals surface area contributed by atoms with Crippen LogP contribution in [0.2, 0.25) is 0 Å². The highest BCUT2D eigenvalue weighted by Gasteiger charge is 1.72. The molecule has 0 saturated carbocycles. The van der Waals surface area contributed by atoms with Gasteiger partial charge in [-0.05, 0) is 0 Å². The van der Waals surface area contributed by atoms with E-state index >= 15 is 0 Å². The Morgan fingerprint density at radius 3 is 2.20 bits per heavy atom. The first-order valence-corrected chi connectivity index (χ1v) is 2.85. The Morgan fingerprint density at radius 2 is 2.20 bits per heavy atom. The molecule has 1 radical (unpaired) electrons. The zero-order chi connectivity index (χ0) is 4.28. The van der Waals surface area contributed by atoms with Gasteiger partial charge in [0.1, 0.15) is 0 Å². The Kier molecular flexibility index (Phi) is 2.28. The minimum atomic E-state index is -1.32. The number of hydrogen-bond acceptors (Lipinski definition) is 2. The standard InChI is InChI=1S/CH6N2OP/c1-5(4)3-2/h2H2,1H3,(H,3,4). The smallest absolute Gasteiger partial charge is 0.156 e. The minimum Gasteiger partial charge on any atom is -0.269 e. The van der Waals surface area contributed by atoms with Crippen LogP contribution in [0.4, 0.5) is 0 Å². The lowest BCUT2D eigenvalue weighted by Crippen LogP contribution is -2.10. The van der Waals surface area contributed by atoms with Gasteiger partial charge in [-0.2, -0.15) is 5.20 Å². The molecule has 0 aromatic rings. The average Bonchev–Trinajstić information content (AvgIpc) is 1.38. The van der Waals surface area contributed by atoms with Gasteiger partial charge >= 0.3 is 0 Å². The summed E-state index contributed by atoms with van der Waals surface area (Å²) in [6.45, 7) is 1.50. The van der Waals surface area contributed by atoms with Crippen molar-refractivity contribution in [2.45, 2.75) is 0 Å². The molecule has 0 fully saturated rings. The van der Waals surface area contributed by atoms with Gasteiger partial charge in [0.25, 0.3) is 0 Å². The van der Waals surface area contributed by atoms with Gasteiger partial charge in [-0.15, -0.1) is 0 Å². The van der Waals surface area contributed by atoms with Crippen molar-refractivity contribution in [1.82, 2.24) is 5.20 Å². The largest absolute Gasteiger partial charge is 0.269 e. The third-order valence-corrected chi connectivity index (χ3v) is 0.545. The summed E-state index contributed by atoms with van der Waals surface area (Å²) in [6, 6.07) is 0. The topological polar surface area (TPSA) is 55.1 Å². The van der Waals surface area contributed by atoms with Gasteiger partial charge in [-0.3, -0.25) is 10.4 Å². The van der Waals surface area contributed by atoms with Crippen LogP contribution < -0.4 is 11.0 Å². The van der Waals surface area contributed by atoms with Gasteiger partial charge in [0.2, 0.25) is 0 Å². The summed E-state index contributed by atoms with van der Waals surface area (Å²) in [4.78, 5) is 0. The lowest BCUT2D eigenvalue weighted by Gasteiger charge is -1.79. The van der Waals surface area contributed by atoms with E-state index < -0.39 is 7.95 Å². The Hall–Kier alpha value is 0.0200. The first-order valence-electron chi connectivity index (χ1n) is 1.14. The van der Waals surface area contributed by atoms with Crippen LogP contribution in [-0.4, -0.2) is 6.66 Å². The summed E-state index contributed by atoms with van der Waals surface area (Å²) in [5, 5.41) is 2.04. The van der Waals surface area contributed by atoms with E-state index in [1.807, 2.05) is 5.20 Å². The van der Waals surface area contributed by atoms with Gasteiger partial charge < -0.3 is 0 Å². The summed E-state index contributed by atoms with van der Waals surface area (Å²) >= 11 is 0. The second kappa shape index (κ2) is 2.27. The van der Waals surface area contributed by atoms with E-state index in [9.17, 15) is 4.57 Å². The van der Waals surface area contributed by atoms with Crippen molar-refractivity contribution in [3.05, 3.63) is 0 Å². The van der Waals surface area contributed by atoms with E-state index in [0.29, 0.717) is 0 Å². The maximum atomic E-state index is 9.72. The molecule has 0 aromatic carbocycles. The SMILES string of the molecule is C[P](=O)NN. The monoisotopic (exact) mass is 93.0 g/mol. The molecule has 0 bridgehead atoms. The van der Waals surface area contributed by atoms with E-state index in [-0.39, 0.29) is 0 Å². The van der Waals surface area contributed by atoms with Crippen molar-refractivity contribution in [3.63, 3.8) is 0 Å². The molecule has 0 spiro atoms. The summed E-state index contributed by atoms with van der Waals surface area (Å²) in [5.74, 6) is 4.64.